The Morgan fingerprint density at radius 1 is 0.886 bits per heavy atom. The molecule has 0 amide bonds. The number of phenols is 3. The van der Waals surface area contributed by atoms with Crippen LogP contribution < -0.4 is 5.43 Å². The van der Waals surface area contributed by atoms with Gasteiger partial charge in [0.25, 0.3) is 0 Å². The standard InChI is InChI=1S/C29H32O15/c1-10-25(41-11(2)31)23(38)24(39)29(40-10)44-28-22(37)21(36)18(9-30)43-27(28)20-15(34)7-14(33)19-16(35)8-17(42-26(19)20)12-3-5-13(32)6-4-12/h3-8,10,18,21-25,27-30,32-34,36-39H,9H2,1-2H3/t10?,18?,21-,22+,23-,24?,25+,27+,28?,29+/m1/s1. The van der Waals surface area contributed by atoms with Gasteiger partial charge in [-0.1, -0.05) is 0 Å². The second kappa shape index (κ2) is 12.3. The SMILES string of the molecule is CC(=O)O[C@H]1C(C)O[C@@H](OC2[C@@H](O)[C@H](O)C(CO)O[C@H]2c2c(O)cc(O)c3c(=O)cc(-c4ccc(O)cc4)oc23)C(O)[C@H]1O. The van der Waals surface area contributed by atoms with Crippen LogP contribution in [0, 0.1) is 0 Å². The van der Waals surface area contributed by atoms with Gasteiger partial charge in [-0.15, -0.1) is 0 Å². The molecule has 2 fully saturated rings. The van der Waals surface area contributed by atoms with Crippen LogP contribution in [0.2, 0.25) is 0 Å². The number of carbonyl (C=O) groups is 1. The van der Waals surface area contributed by atoms with Gasteiger partial charge in [0, 0.05) is 24.6 Å². The molecule has 1 aromatic heterocycles. The van der Waals surface area contributed by atoms with Crippen LogP contribution in [-0.2, 0) is 23.7 Å². The third kappa shape index (κ3) is 5.71. The molecule has 2 aromatic carbocycles. The van der Waals surface area contributed by atoms with Crippen LogP contribution in [0.25, 0.3) is 22.3 Å². The maximum Gasteiger partial charge on any atom is 0.303 e. The van der Waals surface area contributed by atoms with Gasteiger partial charge >= 0.3 is 5.97 Å². The highest BCUT2D eigenvalue weighted by molar-refractivity contribution is 5.89. The zero-order chi connectivity index (χ0) is 32.0. The number of fused-ring (bicyclic) bond motifs is 1. The summed E-state index contributed by atoms with van der Waals surface area (Å²) in [4.78, 5) is 24.7. The Morgan fingerprint density at radius 2 is 1.55 bits per heavy atom. The van der Waals surface area contributed by atoms with Crippen LogP contribution in [0.3, 0.4) is 0 Å². The van der Waals surface area contributed by atoms with E-state index in [0.717, 1.165) is 19.1 Å². The number of aromatic hydroxyl groups is 3. The maximum absolute atomic E-state index is 13.2. The van der Waals surface area contributed by atoms with Crippen molar-refractivity contribution < 1.29 is 69.0 Å². The molecule has 0 radical (unpaired) electrons. The normalized spacial score (nSPS) is 32.4. The lowest BCUT2D eigenvalue weighted by atomic mass is 9.89. The number of ether oxygens (including phenoxy) is 4. The minimum Gasteiger partial charge on any atom is -0.508 e. The molecule has 238 valence electrons. The van der Waals surface area contributed by atoms with Crippen molar-refractivity contribution in [2.24, 2.45) is 0 Å². The summed E-state index contributed by atoms with van der Waals surface area (Å²) in [5.74, 6) is -2.18. The van der Waals surface area contributed by atoms with Crippen LogP contribution in [-0.4, -0.2) is 109 Å². The topological polar surface area (TPSA) is 246 Å². The summed E-state index contributed by atoms with van der Waals surface area (Å²) < 4.78 is 28.4. The second-order valence-corrected chi connectivity index (χ2v) is 10.7. The lowest BCUT2D eigenvalue weighted by molar-refractivity contribution is -0.338. The van der Waals surface area contributed by atoms with E-state index in [9.17, 15) is 50.4 Å². The summed E-state index contributed by atoms with van der Waals surface area (Å²) in [7, 11) is 0. The lowest BCUT2D eigenvalue weighted by Crippen LogP contribution is -2.62. The molecule has 0 aliphatic carbocycles. The van der Waals surface area contributed by atoms with Crippen molar-refractivity contribution in [1.29, 1.82) is 0 Å². The fraction of sp³-hybridized carbons (Fsp3) is 0.448. The van der Waals surface area contributed by atoms with Crippen molar-refractivity contribution in [2.75, 3.05) is 6.61 Å². The summed E-state index contributed by atoms with van der Waals surface area (Å²) >= 11 is 0. The highest BCUT2D eigenvalue weighted by atomic mass is 16.7. The first-order valence-corrected chi connectivity index (χ1v) is 13.6. The fourth-order valence-corrected chi connectivity index (χ4v) is 5.47. The highest BCUT2D eigenvalue weighted by Crippen LogP contribution is 2.45. The average Bonchev–Trinajstić information content (AvgIpc) is 2.96. The van der Waals surface area contributed by atoms with Gasteiger partial charge < -0.3 is 64.2 Å². The molecule has 2 aliphatic heterocycles. The van der Waals surface area contributed by atoms with Gasteiger partial charge in [-0.25, -0.2) is 0 Å². The lowest BCUT2D eigenvalue weighted by Gasteiger charge is -2.46. The Bertz CT molecular complexity index is 1570. The Hall–Kier alpha value is -3.80. The molecule has 15 heteroatoms. The number of aliphatic hydroxyl groups is 5. The first kappa shape index (κ1) is 31.6. The Kier molecular flexibility index (Phi) is 8.84. The number of phenolic OH excluding ortho intramolecular Hbond substituents is 3. The minimum absolute atomic E-state index is 0.0409. The van der Waals surface area contributed by atoms with Crippen molar-refractivity contribution in [1.82, 2.24) is 0 Å². The molecule has 4 unspecified atom stereocenters. The molecule has 0 spiro atoms. The molecule has 0 bridgehead atoms. The van der Waals surface area contributed by atoms with E-state index < -0.39 is 96.3 Å². The van der Waals surface area contributed by atoms with Crippen molar-refractivity contribution >= 4 is 16.9 Å². The van der Waals surface area contributed by atoms with Crippen molar-refractivity contribution in [3.8, 4) is 28.6 Å². The van der Waals surface area contributed by atoms with Crippen molar-refractivity contribution in [2.45, 2.75) is 75.1 Å². The maximum atomic E-state index is 13.2. The molecule has 2 saturated heterocycles. The number of benzene rings is 2. The zero-order valence-electron chi connectivity index (χ0n) is 23.4. The van der Waals surface area contributed by atoms with Gasteiger partial charge in [-0.3, -0.25) is 9.59 Å². The van der Waals surface area contributed by atoms with E-state index >= 15 is 0 Å². The largest absolute Gasteiger partial charge is 0.508 e. The first-order valence-electron chi connectivity index (χ1n) is 13.6. The van der Waals surface area contributed by atoms with E-state index in [2.05, 4.69) is 0 Å². The number of hydrogen-bond acceptors (Lipinski definition) is 15. The van der Waals surface area contributed by atoms with Crippen LogP contribution in [0.15, 0.2) is 45.6 Å². The number of rotatable bonds is 6. The van der Waals surface area contributed by atoms with Crippen molar-refractivity contribution in [3.63, 3.8) is 0 Å². The smallest absolute Gasteiger partial charge is 0.303 e. The molecular formula is C29H32O15. The van der Waals surface area contributed by atoms with Crippen LogP contribution in [0.4, 0.5) is 0 Å². The summed E-state index contributed by atoms with van der Waals surface area (Å²) in [6.07, 6.45) is -16.0. The predicted molar refractivity (Wildman–Crippen MR) is 146 cm³/mol. The quantitative estimate of drug-likeness (QED) is 0.162. The van der Waals surface area contributed by atoms with Gasteiger partial charge in [-0.2, -0.15) is 0 Å². The number of carbonyl (C=O) groups excluding carboxylic acids is 1. The molecule has 2 aliphatic rings. The van der Waals surface area contributed by atoms with Crippen molar-refractivity contribution in [3.05, 3.63) is 52.2 Å². The van der Waals surface area contributed by atoms with E-state index in [1.165, 1.54) is 31.2 Å². The summed E-state index contributed by atoms with van der Waals surface area (Å²) in [5.41, 5.74) is -1.13. The summed E-state index contributed by atoms with van der Waals surface area (Å²) in [6.45, 7) is 1.73. The van der Waals surface area contributed by atoms with E-state index in [-0.39, 0.29) is 22.5 Å². The van der Waals surface area contributed by atoms with Gasteiger partial charge in [0.2, 0.25) is 0 Å². The van der Waals surface area contributed by atoms with E-state index in [1.807, 2.05) is 0 Å². The first-order chi connectivity index (χ1) is 20.8. The Labute approximate surface area is 248 Å². The molecule has 10 atom stereocenters. The fourth-order valence-electron chi connectivity index (χ4n) is 5.47. The molecule has 5 rings (SSSR count). The molecular weight excluding hydrogens is 588 g/mol. The number of hydrogen-bond donors (Lipinski definition) is 8. The molecule has 0 saturated carbocycles. The predicted octanol–water partition coefficient (Wildman–Crippen LogP) is -0.486. The number of esters is 1. The van der Waals surface area contributed by atoms with Gasteiger partial charge in [0.15, 0.2) is 23.4 Å². The zero-order valence-corrected chi connectivity index (χ0v) is 23.4. The van der Waals surface area contributed by atoms with E-state index in [1.54, 1.807) is 0 Å². The summed E-state index contributed by atoms with van der Waals surface area (Å²) in [5, 5.41) is 84.0. The summed E-state index contributed by atoms with van der Waals surface area (Å²) in [6, 6.07) is 7.49. The third-order valence-corrected chi connectivity index (χ3v) is 7.67. The van der Waals surface area contributed by atoms with Crippen LogP contribution in [0.5, 0.6) is 17.2 Å². The van der Waals surface area contributed by atoms with Crippen LogP contribution >= 0.6 is 0 Å². The van der Waals surface area contributed by atoms with Gasteiger partial charge in [0.05, 0.1) is 18.3 Å². The number of aliphatic hydroxyl groups excluding tert-OH is 5. The van der Waals surface area contributed by atoms with Gasteiger partial charge in [0.1, 0.15) is 71.1 Å². The molecule has 44 heavy (non-hydrogen) atoms. The van der Waals surface area contributed by atoms with E-state index in [0.29, 0.717) is 5.56 Å². The van der Waals surface area contributed by atoms with E-state index in [4.69, 9.17) is 23.4 Å². The molecule has 3 heterocycles. The van der Waals surface area contributed by atoms with Crippen LogP contribution in [0.1, 0.15) is 25.5 Å². The molecule has 8 N–H and O–H groups in total. The molecule has 3 aromatic rings. The Balaban J connectivity index is 1.62. The van der Waals surface area contributed by atoms with Gasteiger partial charge in [-0.05, 0) is 31.2 Å². The second-order valence-electron chi connectivity index (χ2n) is 10.7. The highest BCUT2D eigenvalue weighted by Gasteiger charge is 2.52. The molecule has 15 nitrogen and oxygen atoms in total. The monoisotopic (exact) mass is 620 g/mol. The third-order valence-electron chi connectivity index (χ3n) is 7.67. The minimum atomic E-state index is -1.88. The average molecular weight is 621 g/mol. The Morgan fingerprint density at radius 3 is 2.18 bits per heavy atom.